The van der Waals surface area contributed by atoms with Crippen molar-refractivity contribution in [2.24, 2.45) is 5.92 Å². The standard InChI is InChI=1S/C14H17ClO2/c15-13(11-7-3-1-4-8-11)17-14(16)12-9-5-2-6-10-12/h1,3-4,7-8,12-13H,2,5-6,9-10H2. The molecule has 1 aliphatic carbocycles. The maximum atomic E-state index is 11.9. The van der Waals surface area contributed by atoms with Crippen LogP contribution in [0.15, 0.2) is 30.3 Å². The molecular weight excluding hydrogens is 236 g/mol. The first-order valence-corrected chi connectivity index (χ1v) is 6.60. The van der Waals surface area contributed by atoms with Crippen LogP contribution in [-0.4, -0.2) is 5.97 Å². The van der Waals surface area contributed by atoms with E-state index in [2.05, 4.69) is 0 Å². The molecule has 0 spiro atoms. The largest absolute Gasteiger partial charge is 0.441 e. The number of carbonyl (C=O) groups is 1. The molecule has 1 fully saturated rings. The fraction of sp³-hybridized carbons (Fsp3) is 0.500. The third kappa shape index (κ3) is 3.47. The summed E-state index contributed by atoms with van der Waals surface area (Å²) in [4.78, 5) is 11.9. The Hall–Kier alpha value is -1.02. The molecule has 0 bridgehead atoms. The first-order valence-electron chi connectivity index (χ1n) is 6.17. The molecule has 0 saturated heterocycles. The highest BCUT2D eigenvalue weighted by atomic mass is 35.5. The predicted molar refractivity (Wildman–Crippen MR) is 67.7 cm³/mol. The monoisotopic (exact) mass is 252 g/mol. The lowest BCUT2D eigenvalue weighted by atomic mass is 9.89. The summed E-state index contributed by atoms with van der Waals surface area (Å²) in [6, 6.07) is 9.42. The number of benzene rings is 1. The van der Waals surface area contributed by atoms with Gasteiger partial charge < -0.3 is 4.74 Å². The van der Waals surface area contributed by atoms with E-state index in [1.165, 1.54) is 6.42 Å². The van der Waals surface area contributed by atoms with Crippen molar-refractivity contribution in [2.45, 2.75) is 37.7 Å². The fourth-order valence-electron chi connectivity index (χ4n) is 2.21. The van der Waals surface area contributed by atoms with E-state index in [0.717, 1.165) is 31.2 Å². The Kier molecular flexibility index (Phi) is 4.43. The van der Waals surface area contributed by atoms with Crippen LogP contribution in [0.1, 0.15) is 43.2 Å². The van der Waals surface area contributed by atoms with E-state index < -0.39 is 5.56 Å². The van der Waals surface area contributed by atoms with E-state index in [-0.39, 0.29) is 11.9 Å². The number of hydrogen-bond acceptors (Lipinski definition) is 2. The zero-order valence-electron chi connectivity index (χ0n) is 9.77. The fourth-order valence-corrected chi connectivity index (χ4v) is 2.44. The normalized spacial score (nSPS) is 18.6. The number of alkyl halides is 1. The highest BCUT2D eigenvalue weighted by Crippen LogP contribution is 2.28. The lowest BCUT2D eigenvalue weighted by molar-refractivity contribution is -0.151. The van der Waals surface area contributed by atoms with Gasteiger partial charge in [-0.3, -0.25) is 4.79 Å². The van der Waals surface area contributed by atoms with Crippen LogP contribution in [-0.2, 0) is 9.53 Å². The van der Waals surface area contributed by atoms with Gasteiger partial charge in [-0.05, 0) is 12.8 Å². The number of carbonyl (C=O) groups excluding carboxylic acids is 1. The molecule has 1 aliphatic rings. The molecule has 0 heterocycles. The minimum atomic E-state index is -0.661. The summed E-state index contributed by atoms with van der Waals surface area (Å²) >= 11 is 6.08. The summed E-state index contributed by atoms with van der Waals surface area (Å²) in [6.07, 6.45) is 5.36. The number of ether oxygens (including phenoxy) is 1. The molecule has 92 valence electrons. The lowest BCUT2D eigenvalue weighted by Crippen LogP contribution is -2.21. The van der Waals surface area contributed by atoms with Gasteiger partial charge in [0.15, 0.2) is 0 Å². The van der Waals surface area contributed by atoms with Gasteiger partial charge in [-0.2, -0.15) is 0 Å². The van der Waals surface area contributed by atoms with E-state index in [4.69, 9.17) is 16.3 Å². The van der Waals surface area contributed by atoms with Crippen LogP contribution in [0, 0.1) is 5.92 Å². The summed E-state index contributed by atoms with van der Waals surface area (Å²) in [6.45, 7) is 0. The van der Waals surface area contributed by atoms with Gasteiger partial charge >= 0.3 is 5.97 Å². The third-order valence-corrected chi connectivity index (χ3v) is 3.56. The summed E-state index contributed by atoms with van der Waals surface area (Å²) in [5.74, 6) is -0.0951. The van der Waals surface area contributed by atoms with E-state index in [1.54, 1.807) is 0 Å². The van der Waals surface area contributed by atoms with Crippen molar-refractivity contribution in [3.63, 3.8) is 0 Å². The van der Waals surface area contributed by atoms with Crippen molar-refractivity contribution >= 4 is 17.6 Å². The second-order valence-corrected chi connectivity index (χ2v) is 4.89. The lowest BCUT2D eigenvalue weighted by Gasteiger charge is -2.21. The number of halogens is 1. The molecule has 3 heteroatoms. The van der Waals surface area contributed by atoms with Crippen molar-refractivity contribution in [2.75, 3.05) is 0 Å². The molecule has 0 aliphatic heterocycles. The minimum absolute atomic E-state index is 0.0497. The van der Waals surface area contributed by atoms with Crippen LogP contribution < -0.4 is 0 Å². The van der Waals surface area contributed by atoms with Crippen LogP contribution in [0.5, 0.6) is 0 Å². The summed E-state index contributed by atoms with van der Waals surface area (Å²) < 4.78 is 5.30. The summed E-state index contributed by atoms with van der Waals surface area (Å²) in [5, 5.41) is 0. The number of rotatable bonds is 3. The molecule has 0 N–H and O–H groups in total. The van der Waals surface area contributed by atoms with Gasteiger partial charge in [0.05, 0.1) is 5.92 Å². The van der Waals surface area contributed by atoms with Crippen LogP contribution in [0.25, 0.3) is 0 Å². The maximum Gasteiger partial charge on any atom is 0.310 e. The van der Waals surface area contributed by atoms with Crippen LogP contribution >= 0.6 is 11.6 Å². The summed E-state index contributed by atoms with van der Waals surface area (Å²) in [7, 11) is 0. The van der Waals surface area contributed by atoms with Gasteiger partial charge in [0.2, 0.25) is 5.56 Å². The molecule has 2 nitrogen and oxygen atoms in total. The molecule has 1 unspecified atom stereocenters. The SMILES string of the molecule is O=C(OC(Cl)c1ccccc1)C1CCCCC1. The first kappa shape index (κ1) is 12.4. The maximum absolute atomic E-state index is 11.9. The van der Waals surface area contributed by atoms with Crippen molar-refractivity contribution < 1.29 is 9.53 Å². The molecule has 0 aromatic heterocycles. The van der Waals surface area contributed by atoms with Gasteiger partial charge in [0, 0.05) is 5.56 Å². The minimum Gasteiger partial charge on any atom is -0.441 e. The van der Waals surface area contributed by atoms with Crippen LogP contribution in [0.3, 0.4) is 0 Å². The van der Waals surface area contributed by atoms with Crippen molar-refractivity contribution in [3.8, 4) is 0 Å². The predicted octanol–water partition coefficient (Wildman–Crippen LogP) is 4.05. The number of hydrogen-bond donors (Lipinski definition) is 0. The van der Waals surface area contributed by atoms with E-state index in [1.807, 2.05) is 30.3 Å². The van der Waals surface area contributed by atoms with Crippen LogP contribution in [0.2, 0.25) is 0 Å². The van der Waals surface area contributed by atoms with Gasteiger partial charge in [-0.15, -0.1) is 0 Å². The number of esters is 1. The average molecular weight is 253 g/mol. The average Bonchev–Trinajstić information content (AvgIpc) is 2.40. The Balaban J connectivity index is 1.89. The Bertz CT molecular complexity index is 358. The van der Waals surface area contributed by atoms with Crippen molar-refractivity contribution in [1.29, 1.82) is 0 Å². The molecule has 17 heavy (non-hydrogen) atoms. The molecule has 0 radical (unpaired) electrons. The second kappa shape index (κ2) is 6.06. The Morgan fingerprint density at radius 1 is 1.18 bits per heavy atom. The smallest absolute Gasteiger partial charge is 0.310 e. The molecule has 0 amide bonds. The summed E-state index contributed by atoms with van der Waals surface area (Å²) in [5.41, 5.74) is 0.170. The topological polar surface area (TPSA) is 26.3 Å². The van der Waals surface area contributed by atoms with Gasteiger partial charge in [-0.1, -0.05) is 61.2 Å². The van der Waals surface area contributed by atoms with E-state index >= 15 is 0 Å². The quantitative estimate of drug-likeness (QED) is 0.599. The third-order valence-electron chi connectivity index (χ3n) is 3.22. The molecular formula is C14H17ClO2. The first-order chi connectivity index (χ1) is 8.27. The highest BCUT2D eigenvalue weighted by molar-refractivity contribution is 6.20. The Morgan fingerprint density at radius 2 is 1.82 bits per heavy atom. The molecule has 1 saturated carbocycles. The van der Waals surface area contributed by atoms with Crippen molar-refractivity contribution in [1.82, 2.24) is 0 Å². The zero-order chi connectivity index (χ0) is 12.1. The van der Waals surface area contributed by atoms with Gasteiger partial charge in [0.25, 0.3) is 0 Å². The zero-order valence-corrected chi connectivity index (χ0v) is 10.5. The Morgan fingerprint density at radius 3 is 2.47 bits per heavy atom. The second-order valence-electron chi connectivity index (χ2n) is 4.50. The van der Waals surface area contributed by atoms with E-state index in [0.29, 0.717) is 0 Å². The van der Waals surface area contributed by atoms with Gasteiger partial charge in [-0.25, -0.2) is 0 Å². The van der Waals surface area contributed by atoms with Gasteiger partial charge in [0.1, 0.15) is 0 Å². The molecule has 1 aromatic rings. The molecule has 1 aromatic carbocycles. The molecule has 2 rings (SSSR count). The Labute approximate surface area is 107 Å². The molecule has 1 atom stereocenters. The highest BCUT2D eigenvalue weighted by Gasteiger charge is 2.24. The van der Waals surface area contributed by atoms with E-state index in [9.17, 15) is 4.79 Å². The van der Waals surface area contributed by atoms with Crippen molar-refractivity contribution in [3.05, 3.63) is 35.9 Å². The van der Waals surface area contributed by atoms with Crippen LogP contribution in [0.4, 0.5) is 0 Å².